The Balaban J connectivity index is 4.58. The molecule has 0 bridgehead atoms. The summed E-state index contributed by atoms with van der Waals surface area (Å²) in [4.78, 5) is 34.0. The third kappa shape index (κ3) is 6.40. The monoisotopic (exact) mass is 287 g/mol. The highest BCUT2D eigenvalue weighted by Crippen LogP contribution is 2.09. The number of primary amides is 1. The van der Waals surface area contributed by atoms with E-state index in [-0.39, 0.29) is 12.5 Å². The molecule has 5 N–H and O–H groups in total. The van der Waals surface area contributed by atoms with Crippen LogP contribution in [0.4, 0.5) is 4.79 Å². The van der Waals surface area contributed by atoms with E-state index in [9.17, 15) is 14.4 Å². The Kier molecular flexibility index (Phi) is 8.35. The molecular weight excluding hydrogens is 262 g/mol. The minimum atomic E-state index is -0.935. The largest absolute Gasteiger partial charge is 0.481 e. The fraction of sp³-hybridized carbons (Fsp3) is 0.769. The van der Waals surface area contributed by atoms with Crippen LogP contribution in [0.1, 0.15) is 40.0 Å². The third-order valence-electron chi connectivity index (χ3n) is 3.30. The van der Waals surface area contributed by atoms with Crippen molar-refractivity contribution < 1.29 is 19.5 Å². The van der Waals surface area contributed by atoms with Crippen molar-refractivity contribution in [1.82, 2.24) is 10.6 Å². The van der Waals surface area contributed by atoms with E-state index in [1.165, 1.54) is 0 Å². The molecule has 0 aromatic rings. The number of nitrogens with two attached hydrogens (primary N) is 1. The number of urea groups is 1. The number of carbonyl (C=O) groups excluding carboxylic acids is 2. The predicted octanol–water partition coefficient (Wildman–Crippen LogP) is 0.687. The molecule has 0 aliphatic carbocycles. The number of carboxylic acids is 1. The molecule has 20 heavy (non-hydrogen) atoms. The second kappa shape index (κ2) is 9.17. The molecule has 3 amide bonds. The van der Waals surface area contributed by atoms with Gasteiger partial charge in [0.2, 0.25) is 5.91 Å². The molecule has 0 aliphatic rings. The van der Waals surface area contributed by atoms with Crippen LogP contribution in [0.5, 0.6) is 0 Å². The van der Waals surface area contributed by atoms with E-state index in [2.05, 4.69) is 10.6 Å². The molecule has 0 aliphatic heterocycles. The van der Waals surface area contributed by atoms with Crippen molar-refractivity contribution in [2.75, 3.05) is 6.54 Å². The van der Waals surface area contributed by atoms with Gasteiger partial charge >= 0.3 is 12.0 Å². The first-order valence-electron chi connectivity index (χ1n) is 6.89. The lowest BCUT2D eigenvalue weighted by atomic mass is 9.98. The number of rotatable bonds is 9. The molecule has 7 heteroatoms. The van der Waals surface area contributed by atoms with Gasteiger partial charge in [0.05, 0.1) is 5.92 Å². The molecule has 116 valence electrons. The standard InChI is InChI=1S/C13H25N3O4/c1-4-6-9(12(18)19)7-15-11(17)10(8(3)5-2)16-13(14)20/h8-10H,4-7H2,1-3H3,(H,15,17)(H,18,19)(H3,14,16,20). The number of hydrogen-bond donors (Lipinski definition) is 4. The molecule has 3 atom stereocenters. The highest BCUT2D eigenvalue weighted by atomic mass is 16.4. The summed E-state index contributed by atoms with van der Waals surface area (Å²) in [5, 5.41) is 14.0. The first-order valence-corrected chi connectivity index (χ1v) is 6.89. The summed E-state index contributed by atoms with van der Waals surface area (Å²) in [5.41, 5.74) is 5.05. The van der Waals surface area contributed by atoms with Crippen LogP contribution in [0.15, 0.2) is 0 Å². The van der Waals surface area contributed by atoms with Crippen LogP contribution in [0.2, 0.25) is 0 Å². The van der Waals surface area contributed by atoms with Gasteiger partial charge in [-0.15, -0.1) is 0 Å². The average Bonchev–Trinajstić information content (AvgIpc) is 2.38. The summed E-state index contributed by atoms with van der Waals surface area (Å²) in [7, 11) is 0. The van der Waals surface area contributed by atoms with Crippen molar-refractivity contribution in [3.8, 4) is 0 Å². The summed E-state index contributed by atoms with van der Waals surface area (Å²) in [5.74, 6) is -2.04. The quantitative estimate of drug-likeness (QED) is 0.498. The van der Waals surface area contributed by atoms with Gasteiger partial charge in [-0.05, 0) is 12.3 Å². The molecule has 7 nitrogen and oxygen atoms in total. The maximum Gasteiger partial charge on any atom is 0.312 e. The Morgan fingerprint density at radius 2 is 1.85 bits per heavy atom. The van der Waals surface area contributed by atoms with E-state index in [4.69, 9.17) is 10.8 Å². The zero-order valence-corrected chi connectivity index (χ0v) is 12.3. The minimum Gasteiger partial charge on any atom is -0.481 e. The Morgan fingerprint density at radius 3 is 2.25 bits per heavy atom. The Morgan fingerprint density at radius 1 is 1.25 bits per heavy atom. The average molecular weight is 287 g/mol. The van der Waals surface area contributed by atoms with E-state index in [1.807, 2.05) is 20.8 Å². The number of carbonyl (C=O) groups is 3. The fourth-order valence-corrected chi connectivity index (χ4v) is 1.85. The molecule has 0 radical (unpaired) electrons. The summed E-state index contributed by atoms with van der Waals surface area (Å²) >= 11 is 0. The Labute approximate surface area is 119 Å². The van der Waals surface area contributed by atoms with E-state index in [1.54, 1.807) is 0 Å². The zero-order valence-electron chi connectivity index (χ0n) is 12.3. The number of amides is 3. The molecule has 0 aromatic carbocycles. The second-order valence-corrected chi connectivity index (χ2v) is 4.94. The van der Waals surface area contributed by atoms with Gasteiger partial charge in [0, 0.05) is 6.54 Å². The van der Waals surface area contributed by atoms with E-state index in [0.29, 0.717) is 12.8 Å². The maximum absolute atomic E-state index is 12.0. The van der Waals surface area contributed by atoms with Gasteiger partial charge in [-0.2, -0.15) is 0 Å². The lowest BCUT2D eigenvalue weighted by Gasteiger charge is -2.23. The van der Waals surface area contributed by atoms with Crippen molar-refractivity contribution in [1.29, 1.82) is 0 Å². The lowest BCUT2D eigenvalue weighted by molar-refractivity contribution is -0.142. The second-order valence-electron chi connectivity index (χ2n) is 4.94. The van der Waals surface area contributed by atoms with Crippen LogP contribution in [0, 0.1) is 11.8 Å². The van der Waals surface area contributed by atoms with Gasteiger partial charge in [0.15, 0.2) is 0 Å². The number of carboxylic acid groups (broad SMARTS) is 1. The normalized spacial score (nSPS) is 14.9. The van der Waals surface area contributed by atoms with E-state index < -0.39 is 29.9 Å². The van der Waals surface area contributed by atoms with Crippen LogP contribution >= 0.6 is 0 Å². The molecule has 0 aromatic heterocycles. The molecule has 0 saturated carbocycles. The van der Waals surface area contributed by atoms with Crippen LogP contribution < -0.4 is 16.4 Å². The van der Waals surface area contributed by atoms with Crippen molar-refractivity contribution in [3.63, 3.8) is 0 Å². The maximum atomic E-state index is 12.0. The van der Waals surface area contributed by atoms with Gasteiger partial charge in [0.1, 0.15) is 6.04 Å². The molecule has 3 unspecified atom stereocenters. The van der Waals surface area contributed by atoms with Crippen molar-refractivity contribution in [3.05, 3.63) is 0 Å². The summed E-state index contributed by atoms with van der Waals surface area (Å²) < 4.78 is 0. The van der Waals surface area contributed by atoms with Crippen LogP contribution in [-0.4, -0.2) is 35.6 Å². The van der Waals surface area contributed by atoms with Gasteiger partial charge < -0.3 is 21.5 Å². The summed E-state index contributed by atoms with van der Waals surface area (Å²) in [6.45, 7) is 5.65. The Hall–Kier alpha value is -1.79. The number of hydrogen-bond acceptors (Lipinski definition) is 3. The lowest BCUT2D eigenvalue weighted by Crippen LogP contribution is -2.52. The molecule has 0 spiro atoms. The van der Waals surface area contributed by atoms with Gasteiger partial charge in [-0.25, -0.2) is 4.79 Å². The van der Waals surface area contributed by atoms with Crippen molar-refractivity contribution in [2.45, 2.75) is 46.1 Å². The van der Waals surface area contributed by atoms with Crippen LogP contribution in [-0.2, 0) is 9.59 Å². The van der Waals surface area contributed by atoms with Crippen LogP contribution in [0.25, 0.3) is 0 Å². The topological polar surface area (TPSA) is 122 Å². The molecule has 0 rings (SSSR count). The summed E-state index contributed by atoms with van der Waals surface area (Å²) in [6.07, 6.45) is 1.91. The predicted molar refractivity (Wildman–Crippen MR) is 75.0 cm³/mol. The minimum absolute atomic E-state index is 0.0510. The van der Waals surface area contributed by atoms with Gasteiger partial charge in [-0.3, -0.25) is 9.59 Å². The van der Waals surface area contributed by atoms with E-state index in [0.717, 1.165) is 6.42 Å². The first-order chi connectivity index (χ1) is 9.33. The van der Waals surface area contributed by atoms with Crippen molar-refractivity contribution >= 4 is 17.9 Å². The third-order valence-corrected chi connectivity index (χ3v) is 3.30. The van der Waals surface area contributed by atoms with Crippen molar-refractivity contribution in [2.24, 2.45) is 17.6 Å². The zero-order chi connectivity index (χ0) is 15.7. The van der Waals surface area contributed by atoms with Crippen LogP contribution in [0.3, 0.4) is 0 Å². The summed E-state index contributed by atoms with van der Waals surface area (Å²) in [6, 6.07) is -1.51. The highest BCUT2D eigenvalue weighted by molar-refractivity contribution is 5.87. The molecule has 0 fully saturated rings. The SMILES string of the molecule is CCCC(CNC(=O)C(NC(N)=O)C(C)CC)C(=O)O. The van der Waals surface area contributed by atoms with E-state index >= 15 is 0 Å². The van der Waals surface area contributed by atoms with Gasteiger partial charge in [0.25, 0.3) is 0 Å². The fourth-order valence-electron chi connectivity index (χ4n) is 1.85. The first kappa shape index (κ1) is 18.2. The molecule has 0 heterocycles. The Bertz CT molecular complexity index is 347. The van der Waals surface area contributed by atoms with Gasteiger partial charge in [-0.1, -0.05) is 33.6 Å². The smallest absolute Gasteiger partial charge is 0.312 e. The highest BCUT2D eigenvalue weighted by Gasteiger charge is 2.26. The number of nitrogens with one attached hydrogen (secondary N) is 2. The molecular formula is C13H25N3O4. The number of aliphatic carboxylic acids is 1. The molecule has 0 saturated heterocycles.